The SMILES string of the molecule is Cc1ncn(-c2ccc(C(C)C)cc2CO)c1Cl. The topological polar surface area (TPSA) is 38.0 Å². The highest BCUT2D eigenvalue weighted by atomic mass is 35.5. The minimum Gasteiger partial charge on any atom is -0.392 e. The van der Waals surface area contributed by atoms with Crippen LogP contribution in [0.5, 0.6) is 0 Å². The van der Waals surface area contributed by atoms with Crippen molar-refractivity contribution in [2.75, 3.05) is 0 Å². The van der Waals surface area contributed by atoms with Crippen LogP contribution in [0.3, 0.4) is 0 Å². The Bertz CT molecular complexity index is 561. The third kappa shape index (κ3) is 2.28. The Morgan fingerprint density at radius 2 is 2.11 bits per heavy atom. The highest BCUT2D eigenvalue weighted by molar-refractivity contribution is 6.30. The van der Waals surface area contributed by atoms with E-state index in [0.717, 1.165) is 16.9 Å². The number of hydrogen-bond donors (Lipinski definition) is 1. The average molecular weight is 265 g/mol. The van der Waals surface area contributed by atoms with Gasteiger partial charge in [-0.25, -0.2) is 4.98 Å². The standard InChI is InChI=1S/C14H17ClN2O/c1-9(2)11-4-5-13(12(6-11)7-18)17-8-16-10(3)14(17)15/h4-6,8-9,18H,7H2,1-3H3. The van der Waals surface area contributed by atoms with Crippen LogP contribution in [-0.2, 0) is 6.61 Å². The Kier molecular flexibility index (Phi) is 3.73. The lowest BCUT2D eigenvalue weighted by Gasteiger charge is -2.13. The quantitative estimate of drug-likeness (QED) is 0.922. The van der Waals surface area contributed by atoms with Crippen LogP contribution in [0.15, 0.2) is 24.5 Å². The molecule has 0 spiro atoms. The van der Waals surface area contributed by atoms with E-state index in [1.54, 1.807) is 10.9 Å². The third-order valence-electron chi connectivity index (χ3n) is 3.08. The number of hydrogen-bond acceptors (Lipinski definition) is 2. The number of rotatable bonds is 3. The van der Waals surface area contributed by atoms with E-state index >= 15 is 0 Å². The Morgan fingerprint density at radius 1 is 1.39 bits per heavy atom. The van der Waals surface area contributed by atoms with Crippen LogP contribution in [0.25, 0.3) is 5.69 Å². The summed E-state index contributed by atoms with van der Waals surface area (Å²) < 4.78 is 1.80. The second-order valence-electron chi connectivity index (χ2n) is 4.69. The Morgan fingerprint density at radius 3 is 2.61 bits per heavy atom. The van der Waals surface area contributed by atoms with E-state index < -0.39 is 0 Å². The number of aliphatic hydroxyl groups excluding tert-OH is 1. The number of benzene rings is 1. The van der Waals surface area contributed by atoms with Crippen LogP contribution in [0.1, 0.15) is 36.6 Å². The maximum atomic E-state index is 9.51. The van der Waals surface area contributed by atoms with Gasteiger partial charge >= 0.3 is 0 Å². The number of aliphatic hydroxyl groups is 1. The van der Waals surface area contributed by atoms with Gasteiger partial charge in [-0.3, -0.25) is 4.57 Å². The molecule has 4 heteroatoms. The molecule has 1 aromatic carbocycles. The fraction of sp³-hybridized carbons (Fsp3) is 0.357. The minimum absolute atomic E-state index is 0.0105. The van der Waals surface area contributed by atoms with Crippen molar-refractivity contribution in [2.45, 2.75) is 33.3 Å². The van der Waals surface area contributed by atoms with Gasteiger partial charge < -0.3 is 5.11 Å². The lowest BCUT2D eigenvalue weighted by Crippen LogP contribution is -2.01. The van der Waals surface area contributed by atoms with Crippen molar-refractivity contribution >= 4 is 11.6 Å². The first kappa shape index (κ1) is 13.1. The lowest BCUT2D eigenvalue weighted by atomic mass is 10.00. The van der Waals surface area contributed by atoms with E-state index in [-0.39, 0.29) is 6.61 Å². The summed E-state index contributed by atoms with van der Waals surface area (Å²) in [6.07, 6.45) is 1.68. The van der Waals surface area contributed by atoms with Crippen molar-refractivity contribution in [3.05, 3.63) is 46.5 Å². The van der Waals surface area contributed by atoms with Gasteiger partial charge in [0, 0.05) is 5.56 Å². The van der Waals surface area contributed by atoms with Gasteiger partial charge in [0.25, 0.3) is 0 Å². The summed E-state index contributed by atoms with van der Waals surface area (Å²) in [5, 5.41) is 10.1. The first-order chi connectivity index (χ1) is 8.54. The molecule has 2 rings (SSSR count). The summed E-state index contributed by atoms with van der Waals surface area (Å²) in [5.41, 5.74) is 3.73. The Balaban J connectivity index is 2.54. The van der Waals surface area contributed by atoms with E-state index in [2.05, 4.69) is 24.9 Å². The number of aryl methyl sites for hydroxylation is 1. The average Bonchev–Trinajstić information content (AvgIpc) is 2.69. The van der Waals surface area contributed by atoms with Gasteiger partial charge in [-0.2, -0.15) is 0 Å². The largest absolute Gasteiger partial charge is 0.392 e. The molecule has 0 radical (unpaired) electrons. The first-order valence-electron chi connectivity index (χ1n) is 5.98. The zero-order chi connectivity index (χ0) is 13.3. The third-order valence-corrected chi connectivity index (χ3v) is 3.53. The zero-order valence-electron chi connectivity index (χ0n) is 10.8. The van der Waals surface area contributed by atoms with Gasteiger partial charge in [-0.15, -0.1) is 0 Å². The molecule has 0 aliphatic heterocycles. The van der Waals surface area contributed by atoms with Crippen LogP contribution >= 0.6 is 11.6 Å². The molecule has 3 nitrogen and oxygen atoms in total. The predicted molar refractivity (Wildman–Crippen MR) is 73.3 cm³/mol. The van der Waals surface area contributed by atoms with Gasteiger partial charge in [0.05, 0.1) is 18.0 Å². The van der Waals surface area contributed by atoms with Crippen molar-refractivity contribution in [3.8, 4) is 5.69 Å². The summed E-state index contributed by atoms with van der Waals surface area (Å²) in [6, 6.07) is 6.06. The maximum absolute atomic E-state index is 9.51. The van der Waals surface area contributed by atoms with Crippen molar-refractivity contribution in [3.63, 3.8) is 0 Å². The molecule has 0 aliphatic rings. The predicted octanol–water partition coefficient (Wildman–Crippen LogP) is 3.45. The van der Waals surface area contributed by atoms with Crippen molar-refractivity contribution in [1.29, 1.82) is 0 Å². The van der Waals surface area contributed by atoms with Gasteiger partial charge in [0.15, 0.2) is 0 Å². The van der Waals surface area contributed by atoms with E-state index in [9.17, 15) is 5.11 Å². The second-order valence-corrected chi connectivity index (χ2v) is 5.05. The molecule has 0 bridgehead atoms. The monoisotopic (exact) mass is 264 g/mol. The summed E-state index contributed by atoms with van der Waals surface area (Å²) in [5.74, 6) is 0.435. The van der Waals surface area contributed by atoms with Gasteiger partial charge in [-0.05, 0) is 24.5 Å². The molecule has 0 saturated heterocycles. The molecular formula is C14H17ClN2O. The van der Waals surface area contributed by atoms with E-state index in [0.29, 0.717) is 11.1 Å². The molecule has 18 heavy (non-hydrogen) atoms. The fourth-order valence-corrected chi connectivity index (χ4v) is 2.10. The Labute approximate surface area is 112 Å². The molecule has 96 valence electrons. The van der Waals surface area contributed by atoms with E-state index in [1.807, 2.05) is 19.1 Å². The summed E-state index contributed by atoms with van der Waals surface area (Å²) in [7, 11) is 0. The maximum Gasteiger partial charge on any atom is 0.136 e. The molecule has 0 fully saturated rings. The molecule has 0 amide bonds. The van der Waals surface area contributed by atoms with Crippen LogP contribution in [-0.4, -0.2) is 14.7 Å². The van der Waals surface area contributed by atoms with Gasteiger partial charge in [0.1, 0.15) is 11.5 Å². The second kappa shape index (κ2) is 5.12. The zero-order valence-corrected chi connectivity index (χ0v) is 11.6. The number of nitrogens with zero attached hydrogens (tertiary/aromatic N) is 2. The lowest BCUT2D eigenvalue weighted by molar-refractivity contribution is 0.281. The molecule has 1 aromatic heterocycles. The molecule has 2 aromatic rings. The van der Waals surface area contributed by atoms with E-state index in [4.69, 9.17) is 11.6 Å². The van der Waals surface area contributed by atoms with Crippen LogP contribution in [0.2, 0.25) is 5.15 Å². The molecule has 0 aliphatic carbocycles. The highest BCUT2D eigenvalue weighted by Crippen LogP contribution is 2.25. The van der Waals surface area contributed by atoms with Crippen LogP contribution in [0.4, 0.5) is 0 Å². The van der Waals surface area contributed by atoms with E-state index in [1.165, 1.54) is 5.56 Å². The number of aromatic nitrogens is 2. The number of imidazole rings is 1. The normalized spacial score (nSPS) is 11.2. The van der Waals surface area contributed by atoms with Crippen molar-refractivity contribution in [2.24, 2.45) is 0 Å². The minimum atomic E-state index is -0.0105. The summed E-state index contributed by atoms with van der Waals surface area (Å²) in [6.45, 7) is 6.11. The number of halogens is 1. The molecule has 0 unspecified atom stereocenters. The van der Waals surface area contributed by atoms with Crippen LogP contribution in [0, 0.1) is 6.92 Å². The molecular weight excluding hydrogens is 248 g/mol. The summed E-state index contributed by atoms with van der Waals surface area (Å²) >= 11 is 6.19. The molecule has 1 heterocycles. The fourth-order valence-electron chi connectivity index (χ4n) is 1.92. The van der Waals surface area contributed by atoms with Gasteiger partial charge in [-0.1, -0.05) is 37.6 Å². The smallest absolute Gasteiger partial charge is 0.136 e. The molecule has 0 atom stereocenters. The van der Waals surface area contributed by atoms with Crippen molar-refractivity contribution < 1.29 is 5.11 Å². The molecule has 0 saturated carbocycles. The molecule has 1 N–H and O–H groups in total. The van der Waals surface area contributed by atoms with Crippen LogP contribution < -0.4 is 0 Å². The van der Waals surface area contributed by atoms with Crippen molar-refractivity contribution in [1.82, 2.24) is 9.55 Å². The Hall–Kier alpha value is -1.32. The highest BCUT2D eigenvalue weighted by Gasteiger charge is 2.11. The summed E-state index contributed by atoms with van der Waals surface area (Å²) in [4.78, 5) is 4.17. The van der Waals surface area contributed by atoms with Gasteiger partial charge in [0.2, 0.25) is 0 Å². The first-order valence-corrected chi connectivity index (χ1v) is 6.36.